The van der Waals surface area contributed by atoms with E-state index in [-0.39, 0.29) is 5.82 Å². The normalized spacial score (nSPS) is 11.7. The molecule has 2 heterocycles. The number of fused-ring (bicyclic) bond motifs is 1. The lowest BCUT2D eigenvalue weighted by Gasteiger charge is -2.12. The fourth-order valence-corrected chi connectivity index (χ4v) is 2.23. The fourth-order valence-electron chi connectivity index (χ4n) is 2.23. The smallest absolute Gasteiger partial charge is 0.378 e. The van der Waals surface area contributed by atoms with Gasteiger partial charge < -0.3 is 10.1 Å². The molecule has 0 aliphatic carbocycles. The van der Waals surface area contributed by atoms with E-state index in [0.29, 0.717) is 24.2 Å². The van der Waals surface area contributed by atoms with E-state index in [1.165, 1.54) is 0 Å². The minimum Gasteiger partial charge on any atom is -0.378 e. The van der Waals surface area contributed by atoms with Crippen LogP contribution in [0.4, 0.5) is 24.7 Å². The maximum absolute atomic E-state index is 12.5. The van der Waals surface area contributed by atoms with Gasteiger partial charge in [0.2, 0.25) is 0 Å². The number of para-hydroxylation sites is 1. The number of pyridine rings is 1. The Morgan fingerprint density at radius 3 is 2.58 bits per heavy atom. The quantitative estimate of drug-likeness (QED) is 0.783. The molecule has 2 aromatic heterocycles. The highest BCUT2D eigenvalue weighted by molar-refractivity contribution is 5.92. The topological polar surface area (TPSA) is 59.9 Å². The van der Waals surface area contributed by atoms with Crippen LogP contribution in [-0.2, 0) is 17.5 Å². The summed E-state index contributed by atoms with van der Waals surface area (Å²) in [6.07, 6.45) is -2.77. The molecule has 0 bridgehead atoms. The highest BCUT2D eigenvalue weighted by Crippen LogP contribution is 2.29. The number of anilines is 2. The van der Waals surface area contributed by atoms with Crippen LogP contribution in [0.1, 0.15) is 11.4 Å². The summed E-state index contributed by atoms with van der Waals surface area (Å²) < 4.78 is 42.7. The Labute approximate surface area is 135 Å². The number of alkyl halides is 3. The van der Waals surface area contributed by atoms with Crippen molar-refractivity contribution in [2.45, 2.75) is 12.8 Å². The standard InChI is InChI=1S/C16H13F3N4O/c1-24-9-10-6-13(11-4-2-3-5-12(11)22-10)23-15-8-20-14(7-21-15)16(17,18)19/h2-8H,9H2,1H3,(H,21,22,23). The Kier molecular flexibility index (Phi) is 4.30. The molecule has 1 aromatic carbocycles. The molecule has 0 aliphatic heterocycles. The fraction of sp³-hybridized carbons (Fsp3) is 0.188. The number of ether oxygens (including phenoxy) is 1. The van der Waals surface area contributed by atoms with Crippen molar-refractivity contribution in [1.82, 2.24) is 15.0 Å². The number of rotatable bonds is 4. The largest absolute Gasteiger partial charge is 0.434 e. The van der Waals surface area contributed by atoms with E-state index in [4.69, 9.17) is 4.74 Å². The molecule has 0 atom stereocenters. The van der Waals surface area contributed by atoms with Crippen molar-refractivity contribution in [3.05, 3.63) is 54.1 Å². The Bertz CT molecular complexity index is 850. The van der Waals surface area contributed by atoms with Crippen molar-refractivity contribution in [2.75, 3.05) is 12.4 Å². The van der Waals surface area contributed by atoms with Crippen LogP contribution in [0.3, 0.4) is 0 Å². The van der Waals surface area contributed by atoms with E-state index in [0.717, 1.165) is 17.1 Å². The van der Waals surface area contributed by atoms with Crippen LogP contribution in [0, 0.1) is 0 Å². The number of halogens is 3. The number of nitrogens with zero attached hydrogens (tertiary/aromatic N) is 3. The molecule has 3 rings (SSSR count). The SMILES string of the molecule is COCc1cc(Nc2cnc(C(F)(F)F)cn2)c2ccccc2n1. The summed E-state index contributed by atoms with van der Waals surface area (Å²) in [4.78, 5) is 11.6. The van der Waals surface area contributed by atoms with Crippen molar-refractivity contribution in [1.29, 1.82) is 0 Å². The van der Waals surface area contributed by atoms with E-state index in [1.54, 1.807) is 13.2 Å². The number of hydrogen-bond donors (Lipinski definition) is 1. The molecule has 0 spiro atoms. The third-order valence-electron chi connectivity index (χ3n) is 3.27. The zero-order valence-electron chi connectivity index (χ0n) is 12.6. The summed E-state index contributed by atoms with van der Waals surface area (Å²) >= 11 is 0. The summed E-state index contributed by atoms with van der Waals surface area (Å²) in [5, 5.41) is 3.81. The van der Waals surface area contributed by atoms with Crippen molar-refractivity contribution in [3.63, 3.8) is 0 Å². The van der Waals surface area contributed by atoms with Crippen LogP contribution in [0.5, 0.6) is 0 Å². The van der Waals surface area contributed by atoms with Gasteiger partial charge in [-0.1, -0.05) is 18.2 Å². The maximum Gasteiger partial charge on any atom is 0.434 e. The van der Waals surface area contributed by atoms with Gasteiger partial charge in [-0.25, -0.2) is 9.97 Å². The highest BCUT2D eigenvalue weighted by atomic mass is 19.4. The Morgan fingerprint density at radius 1 is 1.12 bits per heavy atom. The molecule has 24 heavy (non-hydrogen) atoms. The van der Waals surface area contributed by atoms with Crippen molar-refractivity contribution in [3.8, 4) is 0 Å². The minimum absolute atomic E-state index is 0.211. The van der Waals surface area contributed by atoms with E-state index >= 15 is 0 Å². The monoisotopic (exact) mass is 334 g/mol. The number of aromatic nitrogens is 3. The first-order valence-corrected chi connectivity index (χ1v) is 7.01. The molecule has 124 valence electrons. The Balaban J connectivity index is 1.97. The van der Waals surface area contributed by atoms with Gasteiger partial charge in [0.25, 0.3) is 0 Å². The van der Waals surface area contributed by atoms with Crippen molar-refractivity contribution >= 4 is 22.4 Å². The summed E-state index contributed by atoms with van der Waals surface area (Å²) in [6.45, 7) is 0.318. The first kappa shape index (κ1) is 16.1. The van der Waals surface area contributed by atoms with Gasteiger partial charge in [-0.15, -0.1) is 0 Å². The maximum atomic E-state index is 12.5. The summed E-state index contributed by atoms with van der Waals surface area (Å²) in [7, 11) is 1.56. The van der Waals surface area contributed by atoms with Crippen molar-refractivity contribution < 1.29 is 17.9 Å². The molecule has 0 radical (unpaired) electrons. The van der Waals surface area contributed by atoms with Crippen LogP contribution >= 0.6 is 0 Å². The van der Waals surface area contributed by atoms with Crippen LogP contribution < -0.4 is 5.32 Å². The molecule has 0 aliphatic rings. The molecule has 0 saturated heterocycles. The predicted octanol–water partition coefficient (Wildman–Crippen LogP) is 3.93. The number of hydrogen-bond acceptors (Lipinski definition) is 5. The molecule has 0 fully saturated rings. The number of benzene rings is 1. The van der Waals surface area contributed by atoms with Gasteiger partial charge in [-0.05, 0) is 12.1 Å². The van der Waals surface area contributed by atoms with Gasteiger partial charge in [0.15, 0.2) is 5.69 Å². The first-order chi connectivity index (χ1) is 11.5. The summed E-state index contributed by atoms with van der Waals surface area (Å²) in [5.41, 5.74) is 1.07. The third-order valence-corrected chi connectivity index (χ3v) is 3.27. The predicted molar refractivity (Wildman–Crippen MR) is 82.8 cm³/mol. The summed E-state index contributed by atoms with van der Waals surface area (Å²) in [6, 6.07) is 9.18. The van der Waals surface area contributed by atoms with Gasteiger partial charge in [-0.3, -0.25) is 4.98 Å². The molecule has 5 nitrogen and oxygen atoms in total. The lowest BCUT2D eigenvalue weighted by atomic mass is 10.1. The van der Waals surface area contributed by atoms with Gasteiger partial charge >= 0.3 is 6.18 Å². The second-order valence-electron chi connectivity index (χ2n) is 5.02. The van der Waals surface area contributed by atoms with Crippen LogP contribution in [-0.4, -0.2) is 22.1 Å². The lowest BCUT2D eigenvalue weighted by Crippen LogP contribution is -2.09. The van der Waals surface area contributed by atoms with Gasteiger partial charge in [0.1, 0.15) is 5.82 Å². The van der Waals surface area contributed by atoms with Gasteiger partial charge in [0, 0.05) is 12.5 Å². The minimum atomic E-state index is -4.51. The van der Waals surface area contributed by atoms with Gasteiger partial charge in [0.05, 0.1) is 35.9 Å². The van der Waals surface area contributed by atoms with Crippen LogP contribution in [0.15, 0.2) is 42.7 Å². The van der Waals surface area contributed by atoms with Crippen LogP contribution in [0.2, 0.25) is 0 Å². The molecular weight excluding hydrogens is 321 g/mol. The molecule has 8 heteroatoms. The zero-order valence-corrected chi connectivity index (χ0v) is 12.6. The second-order valence-corrected chi connectivity index (χ2v) is 5.02. The third kappa shape index (κ3) is 3.43. The van der Waals surface area contributed by atoms with E-state index in [9.17, 15) is 13.2 Å². The Morgan fingerprint density at radius 2 is 1.92 bits per heavy atom. The lowest BCUT2D eigenvalue weighted by molar-refractivity contribution is -0.141. The van der Waals surface area contributed by atoms with E-state index < -0.39 is 11.9 Å². The molecule has 0 saturated carbocycles. The second kappa shape index (κ2) is 6.40. The first-order valence-electron chi connectivity index (χ1n) is 7.01. The highest BCUT2D eigenvalue weighted by Gasteiger charge is 2.32. The zero-order chi connectivity index (χ0) is 17.2. The average molecular weight is 334 g/mol. The van der Waals surface area contributed by atoms with E-state index in [2.05, 4.69) is 20.3 Å². The molecule has 0 unspecified atom stereocenters. The molecular formula is C16H13F3N4O. The number of nitrogens with one attached hydrogen (secondary N) is 1. The summed E-state index contributed by atoms with van der Waals surface area (Å²) in [5.74, 6) is 0.211. The van der Waals surface area contributed by atoms with Crippen molar-refractivity contribution in [2.24, 2.45) is 0 Å². The van der Waals surface area contributed by atoms with Crippen LogP contribution in [0.25, 0.3) is 10.9 Å². The van der Waals surface area contributed by atoms with Gasteiger partial charge in [-0.2, -0.15) is 13.2 Å². The Hall–Kier alpha value is -2.74. The molecule has 3 aromatic rings. The van der Waals surface area contributed by atoms with E-state index in [1.807, 2.05) is 24.3 Å². The average Bonchev–Trinajstić information content (AvgIpc) is 2.55. The number of methoxy groups -OCH3 is 1. The molecule has 0 amide bonds. The molecule has 1 N–H and O–H groups in total.